The number of hydrogen-bond acceptors (Lipinski definition) is 5. The van der Waals surface area contributed by atoms with E-state index in [1.807, 2.05) is 11.0 Å². The van der Waals surface area contributed by atoms with Crippen LogP contribution in [-0.4, -0.2) is 73.4 Å². The van der Waals surface area contributed by atoms with E-state index >= 15 is 0 Å². The quantitative estimate of drug-likeness (QED) is 0.788. The van der Waals surface area contributed by atoms with E-state index in [4.69, 9.17) is 9.47 Å². The predicted molar refractivity (Wildman–Crippen MR) is 101 cm³/mol. The monoisotopic (exact) mass is 362 g/mol. The van der Waals surface area contributed by atoms with Crippen LogP contribution in [0.4, 0.5) is 10.5 Å². The first-order valence-corrected chi connectivity index (χ1v) is 9.64. The second-order valence-electron chi connectivity index (χ2n) is 6.94. The van der Waals surface area contributed by atoms with Gasteiger partial charge in [0.15, 0.2) is 0 Å². The molecule has 0 atom stereocenters. The third-order valence-electron chi connectivity index (χ3n) is 5.23. The summed E-state index contributed by atoms with van der Waals surface area (Å²) in [6.07, 6.45) is 8.34. The van der Waals surface area contributed by atoms with Crippen LogP contribution in [0.1, 0.15) is 32.1 Å². The van der Waals surface area contributed by atoms with E-state index in [1.165, 1.54) is 32.1 Å². The van der Waals surface area contributed by atoms with Crippen LogP contribution in [-0.2, 0) is 4.74 Å². The minimum atomic E-state index is -0.0853. The molecule has 1 aliphatic heterocycles. The van der Waals surface area contributed by atoms with Gasteiger partial charge in [0.05, 0.1) is 6.61 Å². The van der Waals surface area contributed by atoms with Crippen LogP contribution in [0.3, 0.4) is 0 Å². The molecule has 2 heterocycles. The zero-order chi connectivity index (χ0) is 18.2. The molecule has 144 valence electrons. The van der Waals surface area contributed by atoms with Crippen molar-refractivity contribution in [2.24, 2.45) is 0 Å². The highest BCUT2D eigenvalue weighted by Gasteiger charge is 2.27. The van der Waals surface area contributed by atoms with Gasteiger partial charge in [-0.25, -0.2) is 9.78 Å². The molecule has 7 heteroatoms. The number of piperazine rings is 1. The highest BCUT2D eigenvalue weighted by molar-refractivity contribution is 5.90. The summed E-state index contributed by atoms with van der Waals surface area (Å²) in [5.41, 5.74) is 0.600. The number of ether oxygens (including phenoxy) is 2. The second-order valence-corrected chi connectivity index (χ2v) is 6.94. The minimum Gasteiger partial charge on any atom is -0.474 e. The molecule has 2 fully saturated rings. The molecule has 1 aromatic heterocycles. The smallest absolute Gasteiger partial charge is 0.322 e. The van der Waals surface area contributed by atoms with Gasteiger partial charge in [-0.2, -0.15) is 0 Å². The number of carbonyl (C=O) groups excluding carboxylic acids is 1. The maximum absolute atomic E-state index is 12.6. The number of hydrogen-bond donors (Lipinski definition) is 1. The third-order valence-corrected chi connectivity index (χ3v) is 5.23. The maximum Gasteiger partial charge on any atom is 0.322 e. The number of pyridine rings is 1. The van der Waals surface area contributed by atoms with Crippen molar-refractivity contribution in [3.8, 4) is 5.88 Å². The number of amides is 2. The molecule has 26 heavy (non-hydrogen) atoms. The van der Waals surface area contributed by atoms with Crippen LogP contribution in [0.15, 0.2) is 18.3 Å². The Morgan fingerprint density at radius 1 is 1.19 bits per heavy atom. The molecule has 1 saturated carbocycles. The molecular weight excluding hydrogens is 332 g/mol. The van der Waals surface area contributed by atoms with Crippen LogP contribution in [0.5, 0.6) is 5.88 Å². The predicted octanol–water partition coefficient (Wildman–Crippen LogP) is 2.59. The zero-order valence-electron chi connectivity index (χ0n) is 15.7. The van der Waals surface area contributed by atoms with Crippen molar-refractivity contribution in [3.63, 3.8) is 0 Å². The van der Waals surface area contributed by atoms with Gasteiger partial charge in [-0.05, 0) is 25.0 Å². The summed E-state index contributed by atoms with van der Waals surface area (Å²) in [6, 6.07) is 4.23. The van der Waals surface area contributed by atoms with Crippen molar-refractivity contribution >= 4 is 11.7 Å². The number of aromatic nitrogens is 1. The van der Waals surface area contributed by atoms with Crippen LogP contribution in [0, 0.1) is 0 Å². The first-order valence-electron chi connectivity index (χ1n) is 9.64. The Kier molecular flexibility index (Phi) is 7.08. The van der Waals surface area contributed by atoms with Gasteiger partial charge in [0.2, 0.25) is 5.88 Å². The average molecular weight is 362 g/mol. The Bertz CT molecular complexity index is 570. The van der Waals surface area contributed by atoms with Crippen molar-refractivity contribution in [2.45, 2.75) is 38.1 Å². The fourth-order valence-corrected chi connectivity index (χ4v) is 3.75. The molecule has 1 aromatic rings. The van der Waals surface area contributed by atoms with Gasteiger partial charge in [-0.1, -0.05) is 19.3 Å². The van der Waals surface area contributed by atoms with Gasteiger partial charge in [0.1, 0.15) is 12.3 Å². The zero-order valence-corrected chi connectivity index (χ0v) is 15.7. The fraction of sp³-hybridized carbons (Fsp3) is 0.684. The molecule has 0 radical (unpaired) electrons. The van der Waals surface area contributed by atoms with E-state index in [2.05, 4.69) is 15.2 Å². The number of carbonyl (C=O) groups is 1. The van der Waals surface area contributed by atoms with E-state index in [9.17, 15) is 4.79 Å². The molecule has 2 amide bonds. The Morgan fingerprint density at radius 3 is 2.69 bits per heavy atom. The van der Waals surface area contributed by atoms with Gasteiger partial charge in [0.25, 0.3) is 0 Å². The summed E-state index contributed by atoms with van der Waals surface area (Å²) >= 11 is 0. The molecule has 0 unspecified atom stereocenters. The fourth-order valence-electron chi connectivity index (χ4n) is 3.75. The summed E-state index contributed by atoms with van der Waals surface area (Å²) in [4.78, 5) is 21.3. The molecule has 1 aliphatic carbocycles. The number of urea groups is 1. The lowest BCUT2D eigenvalue weighted by Gasteiger charge is -2.40. The van der Waals surface area contributed by atoms with Crippen molar-refractivity contribution in [1.29, 1.82) is 0 Å². The first-order chi connectivity index (χ1) is 12.8. The highest BCUT2D eigenvalue weighted by atomic mass is 16.5. The largest absolute Gasteiger partial charge is 0.474 e. The molecule has 3 rings (SSSR count). The van der Waals surface area contributed by atoms with Crippen LogP contribution in [0.25, 0.3) is 0 Å². The van der Waals surface area contributed by atoms with Crippen molar-refractivity contribution in [1.82, 2.24) is 14.8 Å². The van der Waals surface area contributed by atoms with Gasteiger partial charge in [0, 0.05) is 45.5 Å². The summed E-state index contributed by atoms with van der Waals surface area (Å²) in [5.74, 6) is 0.429. The normalized spacial score (nSPS) is 19.3. The molecule has 2 aliphatic rings. The standard InChI is InChI=1S/C19H30N4O3/c1-25-14-15-26-18-17(8-5-9-20-18)21-19(24)23-12-10-22(11-13-23)16-6-3-2-4-7-16/h5,8-9,16H,2-4,6-7,10-15H2,1H3,(H,21,24). The molecular formula is C19H30N4O3. The topological polar surface area (TPSA) is 66.9 Å². The number of nitrogens with zero attached hydrogens (tertiary/aromatic N) is 3. The van der Waals surface area contributed by atoms with Crippen LogP contribution >= 0.6 is 0 Å². The second kappa shape index (κ2) is 9.73. The number of rotatable bonds is 6. The maximum atomic E-state index is 12.6. The summed E-state index contributed by atoms with van der Waals surface area (Å²) in [5, 5.41) is 2.94. The summed E-state index contributed by atoms with van der Waals surface area (Å²) < 4.78 is 10.6. The lowest BCUT2D eigenvalue weighted by Crippen LogP contribution is -2.53. The molecule has 0 bridgehead atoms. The molecule has 1 saturated heterocycles. The van der Waals surface area contributed by atoms with Crippen molar-refractivity contribution < 1.29 is 14.3 Å². The number of nitrogens with one attached hydrogen (secondary N) is 1. The van der Waals surface area contributed by atoms with Gasteiger partial charge >= 0.3 is 6.03 Å². The van der Waals surface area contributed by atoms with Gasteiger partial charge in [-0.3, -0.25) is 4.90 Å². The van der Waals surface area contributed by atoms with Crippen LogP contribution < -0.4 is 10.1 Å². The third kappa shape index (κ3) is 5.08. The molecule has 0 aromatic carbocycles. The Morgan fingerprint density at radius 2 is 1.96 bits per heavy atom. The Balaban J connectivity index is 1.50. The van der Waals surface area contributed by atoms with Gasteiger partial charge in [-0.15, -0.1) is 0 Å². The SMILES string of the molecule is COCCOc1ncccc1NC(=O)N1CCN(C2CCCCC2)CC1. The molecule has 0 spiro atoms. The Labute approximate surface area is 155 Å². The average Bonchev–Trinajstić information content (AvgIpc) is 2.70. The number of anilines is 1. The van der Waals surface area contributed by atoms with Crippen LogP contribution in [0.2, 0.25) is 0 Å². The lowest BCUT2D eigenvalue weighted by molar-refractivity contribution is 0.0942. The van der Waals surface area contributed by atoms with Gasteiger partial charge < -0.3 is 19.7 Å². The van der Waals surface area contributed by atoms with Crippen molar-refractivity contribution in [2.75, 3.05) is 51.8 Å². The van der Waals surface area contributed by atoms with E-state index in [-0.39, 0.29) is 6.03 Å². The number of methoxy groups -OCH3 is 1. The molecule has 7 nitrogen and oxygen atoms in total. The lowest BCUT2D eigenvalue weighted by atomic mass is 9.94. The van der Waals surface area contributed by atoms with E-state index in [0.717, 1.165) is 26.2 Å². The van der Waals surface area contributed by atoms with E-state index < -0.39 is 0 Å². The first kappa shape index (κ1) is 18.9. The van der Waals surface area contributed by atoms with Crippen molar-refractivity contribution in [3.05, 3.63) is 18.3 Å². The summed E-state index contributed by atoms with van der Waals surface area (Å²) in [6.45, 7) is 4.33. The Hall–Kier alpha value is -1.86. The minimum absolute atomic E-state index is 0.0853. The highest BCUT2D eigenvalue weighted by Crippen LogP contribution is 2.24. The van der Waals surface area contributed by atoms with E-state index in [1.54, 1.807) is 19.4 Å². The molecule has 1 N–H and O–H groups in total. The van der Waals surface area contributed by atoms with E-state index in [0.29, 0.717) is 30.8 Å². The summed E-state index contributed by atoms with van der Waals surface area (Å²) in [7, 11) is 1.62.